The average Bonchev–Trinajstić information content (AvgIpc) is 2.51. The zero-order chi connectivity index (χ0) is 14.7. The van der Waals surface area contributed by atoms with Crippen LogP contribution in [-0.4, -0.2) is 14.5 Å². The van der Waals surface area contributed by atoms with Crippen molar-refractivity contribution in [3.05, 3.63) is 71.4 Å². The summed E-state index contributed by atoms with van der Waals surface area (Å²) in [4.78, 5) is 19.9. The Labute approximate surface area is 121 Å². The van der Waals surface area contributed by atoms with Crippen LogP contribution in [0.1, 0.15) is 0 Å². The second-order valence-electron chi connectivity index (χ2n) is 4.64. The lowest BCUT2D eigenvalue weighted by Crippen LogP contribution is -2.13. The maximum absolute atomic E-state index is 11.4. The van der Waals surface area contributed by atoms with Gasteiger partial charge in [0.15, 0.2) is 0 Å². The number of nitrogens with one attached hydrogen (secondary N) is 1. The number of aromatic nitrogens is 3. The minimum Gasteiger partial charge on any atom is -0.325 e. The summed E-state index contributed by atoms with van der Waals surface area (Å²) in [5.41, 5.74) is 1.92. The second kappa shape index (κ2) is 5.58. The molecule has 3 heterocycles. The van der Waals surface area contributed by atoms with E-state index in [0.29, 0.717) is 5.82 Å². The Morgan fingerprint density at radius 1 is 0.952 bits per heavy atom. The van der Waals surface area contributed by atoms with E-state index in [2.05, 4.69) is 15.3 Å². The number of rotatable bonds is 3. The van der Waals surface area contributed by atoms with Gasteiger partial charge in [-0.05, 0) is 41.5 Å². The van der Waals surface area contributed by atoms with Gasteiger partial charge in [0.1, 0.15) is 11.6 Å². The zero-order valence-electron chi connectivity index (χ0n) is 11.5. The van der Waals surface area contributed by atoms with Crippen LogP contribution in [-0.2, 0) is 7.05 Å². The van der Waals surface area contributed by atoms with Crippen molar-refractivity contribution in [3.8, 4) is 11.1 Å². The Morgan fingerprint density at radius 3 is 2.57 bits per heavy atom. The zero-order valence-corrected chi connectivity index (χ0v) is 11.5. The normalized spacial score (nSPS) is 10.3. The van der Waals surface area contributed by atoms with Crippen molar-refractivity contribution in [3.63, 3.8) is 0 Å². The van der Waals surface area contributed by atoms with E-state index in [1.165, 1.54) is 0 Å². The van der Waals surface area contributed by atoms with Crippen LogP contribution in [0.3, 0.4) is 0 Å². The van der Waals surface area contributed by atoms with Gasteiger partial charge in [-0.3, -0.25) is 4.79 Å². The fourth-order valence-corrected chi connectivity index (χ4v) is 2.01. The van der Waals surface area contributed by atoms with E-state index < -0.39 is 0 Å². The quantitative estimate of drug-likeness (QED) is 0.800. The highest BCUT2D eigenvalue weighted by Crippen LogP contribution is 2.21. The number of nitrogens with zero attached hydrogens (tertiary/aromatic N) is 3. The molecule has 0 radical (unpaired) electrons. The number of anilines is 2. The molecule has 104 valence electrons. The molecular weight excluding hydrogens is 264 g/mol. The van der Waals surface area contributed by atoms with Crippen molar-refractivity contribution in [1.82, 2.24) is 14.5 Å². The van der Waals surface area contributed by atoms with Crippen LogP contribution in [0, 0.1) is 0 Å². The summed E-state index contributed by atoms with van der Waals surface area (Å²) in [6.45, 7) is 0. The first-order valence-corrected chi connectivity index (χ1v) is 6.53. The minimum absolute atomic E-state index is 0.0281. The monoisotopic (exact) mass is 278 g/mol. The summed E-state index contributed by atoms with van der Waals surface area (Å²) in [6.07, 6.45) is 5.26. The first kappa shape index (κ1) is 13.1. The molecule has 5 nitrogen and oxygen atoms in total. The Morgan fingerprint density at radius 2 is 1.81 bits per heavy atom. The van der Waals surface area contributed by atoms with Gasteiger partial charge in [-0.2, -0.15) is 0 Å². The van der Waals surface area contributed by atoms with Crippen molar-refractivity contribution in [2.45, 2.75) is 0 Å². The van der Waals surface area contributed by atoms with E-state index in [4.69, 9.17) is 0 Å². The van der Waals surface area contributed by atoms with Gasteiger partial charge >= 0.3 is 0 Å². The third-order valence-corrected chi connectivity index (χ3v) is 3.10. The average molecular weight is 278 g/mol. The smallest absolute Gasteiger partial charge is 0.250 e. The molecule has 3 aromatic rings. The molecule has 0 saturated carbocycles. The summed E-state index contributed by atoms with van der Waals surface area (Å²) in [5.74, 6) is 1.45. The van der Waals surface area contributed by atoms with Gasteiger partial charge in [-0.15, -0.1) is 0 Å². The number of hydrogen-bond donors (Lipinski definition) is 1. The largest absolute Gasteiger partial charge is 0.325 e. The van der Waals surface area contributed by atoms with Crippen molar-refractivity contribution in [2.75, 3.05) is 5.32 Å². The summed E-state index contributed by atoms with van der Waals surface area (Å²) >= 11 is 0. The summed E-state index contributed by atoms with van der Waals surface area (Å²) in [6, 6.07) is 12.8. The number of pyridine rings is 3. The van der Waals surface area contributed by atoms with Crippen LogP contribution in [0.5, 0.6) is 0 Å². The van der Waals surface area contributed by atoms with Gasteiger partial charge in [-0.25, -0.2) is 9.97 Å². The van der Waals surface area contributed by atoms with Crippen LogP contribution in [0.15, 0.2) is 65.8 Å². The molecule has 3 aromatic heterocycles. The Kier molecular flexibility index (Phi) is 3.47. The van der Waals surface area contributed by atoms with Crippen molar-refractivity contribution in [2.24, 2.45) is 7.05 Å². The second-order valence-corrected chi connectivity index (χ2v) is 4.64. The predicted molar refractivity (Wildman–Crippen MR) is 82.4 cm³/mol. The van der Waals surface area contributed by atoms with Crippen LogP contribution in [0.4, 0.5) is 11.6 Å². The molecule has 5 heteroatoms. The lowest BCUT2D eigenvalue weighted by molar-refractivity contribution is 0.862. The van der Waals surface area contributed by atoms with E-state index in [-0.39, 0.29) is 5.56 Å². The van der Waals surface area contributed by atoms with Gasteiger partial charge in [0.05, 0.1) is 0 Å². The predicted octanol–water partition coefficient (Wildman–Crippen LogP) is 2.59. The fraction of sp³-hybridized carbons (Fsp3) is 0.0625. The molecule has 0 bridgehead atoms. The summed E-state index contributed by atoms with van der Waals surface area (Å²) in [5, 5.41) is 3.15. The molecule has 0 aliphatic rings. The van der Waals surface area contributed by atoms with Crippen molar-refractivity contribution in [1.29, 1.82) is 0 Å². The Bertz CT molecular complexity index is 812. The van der Waals surface area contributed by atoms with E-state index in [9.17, 15) is 4.79 Å². The third-order valence-electron chi connectivity index (χ3n) is 3.10. The molecule has 1 N–H and O–H groups in total. The van der Waals surface area contributed by atoms with Gasteiger partial charge < -0.3 is 9.88 Å². The van der Waals surface area contributed by atoms with Gasteiger partial charge in [-0.1, -0.05) is 6.07 Å². The van der Waals surface area contributed by atoms with Gasteiger partial charge in [0, 0.05) is 31.7 Å². The van der Waals surface area contributed by atoms with Crippen LogP contribution >= 0.6 is 0 Å². The van der Waals surface area contributed by atoms with Crippen molar-refractivity contribution >= 4 is 11.6 Å². The maximum atomic E-state index is 11.4. The SMILES string of the molecule is Cn1cc(-c2ccnc(Nc3ccccn3)c2)ccc1=O. The molecule has 0 unspecified atom stereocenters. The Hall–Kier alpha value is -2.95. The van der Waals surface area contributed by atoms with E-state index >= 15 is 0 Å². The van der Waals surface area contributed by atoms with E-state index in [1.54, 1.807) is 30.1 Å². The third kappa shape index (κ3) is 2.97. The highest BCUT2D eigenvalue weighted by Gasteiger charge is 2.02. The van der Waals surface area contributed by atoms with Crippen molar-refractivity contribution < 1.29 is 0 Å². The molecular formula is C16H14N4O. The molecule has 0 aromatic carbocycles. The molecule has 0 atom stereocenters. The minimum atomic E-state index is -0.0281. The lowest BCUT2D eigenvalue weighted by Gasteiger charge is -2.07. The van der Waals surface area contributed by atoms with Crippen LogP contribution in [0.25, 0.3) is 11.1 Å². The summed E-state index contributed by atoms with van der Waals surface area (Å²) < 4.78 is 1.56. The first-order chi connectivity index (χ1) is 10.2. The molecule has 3 rings (SSSR count). The molecule has 0 saturated heterocycles. The fourth-order valence-electron chi connectivity index (χ4n) is 2.01. The lowest BCUT2D eigenvalue weighted by atomic mass is 10.1. The summed E-state index contributed by atoms with van der Waals surface area (Å²) in [7, 11) is 1.74. The number of hydrogen-bond acceptors (Lipinski definition) is 4. The number of aryl methyl sites for hydroxylation is 1. The van der Waals surface area contributed by atoms with Gasteiger partial charge in [0.2, 0.25) is 5.56 Å². The first-order valence-electron chi connectivity index (χ1n) is 6.53. The highest BCUT2D eigenvalue weighted by molar-refractivity contribution is 5.67. The standard InChI is InChI=1S/C16H14N4O/c1-20-11-13(5-6-16(20)21)12-7-9-18-15(10-12)19-14-4-2-3-8-17-14/h2-11H,1H3,(H,17,18,19). The van der Waals surface area contributed by atoms with Crippen LogP contribution in [0.2, 0.25) is 0 Å². The molecule has 0 amide bonds. The molecule has 21 heavy (non-hydrogen) atoms. The molecule has 0 fully saturated rings. The molecule has 0 aliphatic heterocycles. The molecule has 0 aliphatic carbocycles. The Balaban J connectivity index is 1.92. The van der Waals surface area contributed by atoms with E-state index in [1.807, 2.05) is 42.6 Å². The topological polar surface area (TPSA) is 59.8 Å². The molecule has 0 spiro atoms. The van der Waals surface area contributed by atoms with Crippen LogP contribution < -0.4 is 10.9 Å². The van der Waals surface area contributed by atoms with Gasteiger partial charge in [0.25, 0.3) is 0 Å². The maximum Gasteiger partial charge on any atom is 0.250 e. The highest BCUT2D eigenvalue weighted by atomic mass is 16.1. The van der Waals surface area contributed by atoms with E-state index in [0.717, 1.165) is 16.9 Å².